The zero-order valence-electron chi connectivity index (χ0n) is 23.7. The number of benzene rings is 3. The lowest BCUT2D eigenvalue weighted by Gasteiger charge is -2.37. The number of aliphatic hydroxyl groups is 1. The van der Waals surface area contributed by atoms with Crippen LogP contribution in [0.15, 0.2) is 95.9 Å². The molecular formula is C33H33N3O6. The molecular weight excluding hydrogens is 534 g/mol. The van der Waals surface area contributed by atoms with Crippen LogP contribution in [0.2, 0.25) is 0 Å². The van der Waals surface area contributed by atoms with Crippen LogP contribution in [0.1, 0.15) is 35.0 Å². The number of H-pyrrole nitrogens is 1. The predicted molar refractivity (Wildman–Crippen MR) is 158 cm³/mol. The Bertz CT molecular complexity index is 1670. The van der Waals surface area contributed by atoms with Crippen LogP contribution < -0.4 is 15.2 Å². The van der Waals surface area contributed by atoms with E-state index in [2.05, 4.69) is 9.97 Å². The number of fused-ring (bicyclic) bond motifs is 1. The van der Waals surface area contributed by atoms with Crippen molar-refractivity contribution < 1.29 is 24.1 Å². The molecule has 1 saturated heterocycles. The van der Waals surface area contributed by atoms with Gasteiger partial charge in [0.2, 0.25) is 0 Å². The second-order valence-electron chi connectivity index (χ2n) is 10.4. The lowest BCUT2D eigenvalue weighted by molar-refractivity contribution is -0.0943. The van der Waals surface area contributed by atoms with Gasteiger partial charge in [0, 0.05) is 23.7 Å². The highest BCUT2D eigenvalue weighted by molar-refractivity contribution is 5.75. The Morgan fingerprint density at radius 2 is 1.55 bits per heavy atom. The largest absolute Gasteiger partial charge is 0.497 e. The summed E-state index contributed by atoms with van der Waals surface area (Å²) < 4.78 is 25.5. The predicted octanol–water partition coefficient (Wildman–Crippen LogP) is 4.71. The van der Waals surface area contributed by atoms with Crippen molar-refractivity contribution >= 4 is 11.0 Å². The molecule has 1 fully saturated rings. The number of methoxy groups -OCH3 is 2. The summed E-state index contributed by atoms with van der Waals surface area (Å²) in [5, 5.41) is 11.9. The molecule has 1 aliphatic heterocycles. The number of nitrogens with one attached hydrogen (secondary N) is 1. The molecule has 2 aromatic heterocycles. The summed E-state index contributed by atoms with van der Waals surface area (Å²) in [5.74, 6) is 1.45. The number of aliphatic hydroxyl groups excluding tert-OH is 1. The van der Waals surface area contributed by atoms with E-state index in [-0.39, 0.29) is 13.0 Å². The Balaban J connectivity index is 1.36. The maximum atomic E-state index is 12.8. The molecule has 6 rings (SSSR count). The first-order valence-corrected chi connectivity index (χ1v) is 13.8. The van der Waals surface area contributed by atoms with Gasteiger partial charge in [0.05, 0.1) is 26.9 Å². The van der Waals surface area contributed by atoms with Crippen LogP contribution in [0.3, 0.4) is 0 Å². The minimum Gasteiger partial charge on any atom is -0.497 e. The number of hydrogen-bond acceptors (Lipinski definition) is 7. The molecule has 3 unspecified atom stereocenters. The Morgan fingerprint density at radius 1 is 0.952 bits per heavy atom. The molecule has 216 valence electrons. The molecule has 0 saturated carbocycles. The monoisotopic (exact) mass is 567 g/mol. The fourth-order valence-corrected chi connectivity index (χ4v) is 5.67. The molecule has 3 heterocycles. The van der Waals surface area contributed by atoms with Crippen molar-refractivity contribution in [3.05, 3.63) is 124 Å². The van der Waals surface area contributed by atoms with Gasteiger partial charge in [-0.2, -0.15) is 4.98 Å². The van der Waals surface area contributed by atoms with Crippen molar-refractivity contribution in [1.29, 1.82) is 0 Å². The molecule has 9 nitrogen and oxygen atoms in total. The smallest absolute Gasteiger partial charge is 0.351 e. The fourth-order valence-electron chi connectivity index (χ4n) is 5.67. The molecule has 0 aliphatic carbocycles. The van der Waals surface area contributed by atoms with Gasteiger partial charge in [-0.05, 0) is 53.9 Å². The van der Waals surface area contributed by atoms with Gasteiger partial charge in [-0.1, -0.05) is 54.6 Å². The summed E-state index contributed by atoms with van der Waals surface area (Å²) in [6.45, 7) is 1.96. The lowest BCUT2D eigenvalue weighted by Crippen LogP contribution is -2.38. The molecule has 0 amide bonds. The van der Waals surface area contributed by atoms with Gasteiger partial charge >= 0.3 is 5.69 Å². The highest BCUT2D eigenvalue weighted by Gasteiger charge is 2.42. The van der Waals surface area contributed by atoms with Crippen LogP contribution in [-0.2, 0) is 15.1 Å². The second kappa shape index (κ2) is 11.4. The van der Waals surface area contributed by atoms with Crippen LogP contribution in [0.25, 0.3) is 11.0 Å². The third-order valence-electron chi connectivity index (χ3n) is 7.82. The number of aromatic amines is 1. The van der Waals surface area contributed by atoms with Crippen LogP contribution in [0, 0.1) is 6.92 Å². The Kier molecular flexibility index (Phi) is 7.55. The number of hydrogen-bond donors (Lipinski definition) is 2. The zero-order chi connectivity index (χ0) is 29.3. The first-order valence-electron chi connectivity index (χ1n) is 13.8. The van der Waals surface area contributed by atoms with E-state index in [1.54, 1.807) is 20.4 Å². The standard InChI is InChI=1S/C33H33N3O6/c1-21-17-22-19-36(32(38)35-31(22)34-21)30-18-28(37)29(42-30)20-41-33(23-7-5-4-6-8-23,24-9-13-26(39-2)14-10-24)25-11-15-27(40-3)16-12-25/h4-17,19,28-30,37H,18,20H2,1-3H3,(H,34,35,38). The van der Waals surface area contributed by atoms with Crippen LogP contribution in [0.4, 0.5) is 0 Å². The van der Waals surface area contributed by atoms with Crippen molar-refractivity contribution in [3.63, 3.8) is 0 Å². The van der Waals surface area contributed by atoms with E-state index in [0.717, 1.165) is 39.3 Å². The third kappa shape index (κ3) is 5.07. The van der Waals surface area contributed by atoms with E-state index in [9.17, 15) is 9.90 Å². The second-order valence-corrected chi connectivity index (χ2v) is 10.4. The van der Waals surface area contributed by atoms with Gasteiger partial charge in [0.25, 0.3) is 0 Å². The summed E-state index contributed by atoms with van der Waals surface area (Å²) in [7, 11) is 3.26. The SMILES string of the molecule is COc1ccc(C(OCC2OC(n3cc4cc(C)[nH]c4nc3=O)CC2O)(c2ccccc2)c2ccc(OC)cc2)cc1. The molecule has 2 N–H and O–H groups in total. The lowest BCUT2D eigenvalue weighted by atomic mass is 9.80. The molecule has 1 aliphatic rings. The summed E-state index contributed by atoms with van der Waals surface area (Å²) in [4.78, 5) is 20.1. The highest BCUT2D eigenvalue weighted by Crippen LogP contribution is 2.42. The van der Waals surface area contributed by atoms with E-state index in [1.807, 2.05) is 91.9 Å². The van der Waals surface area contributed by atoms with E-state index >= 15 is 0 Å². The van der Waals surface area contributed by atoms with Gasteiger partial charge in [-0.3, -0.25) is 4.57 Å². The van der Waals surface area contributed by atoms with E-state index in [0.29, 0.717) is 5.65 Å². The van der Waals surface area contributed by atoms with E-state index in [1.165, 1.54) is 4.57 Å². The quantitative estimate of drug-likeness (QED) is 0.249. The van der Waals surface area contributed by atoms with Crippen molar-refractivity contribution in [2.45, 2.75) is 37.4 Å². The van der Waals surface area contributed by atoms with Crippen LogP contribution >= 0.6 is 0 Å². The summed E-state index contributed by atoms with van der Waals surface area (Å²) in [6, 6.07) is 27.3. The van der Waals surface area contributed by atoms with Crippen molar-refractivity contribution in [1.82, 2.24) is 14.5 Å². The summed E-state index contributed by atoms with van der Waals surface area (Å²) >= 11 is 0. The van der Waals surface area contributed by atoms with E-state index in [4.69, 9.17) is 18.9 Å². The highest BCUT2D eigenvalue weighted by atomic mass is 16.6. The molecule has 0 bridgehead atoms. The molecule has 0 spiro atoms. The Labute approximate surface area is 243 Å². The minimum absolute atomic E-state index is 0.0539. The van der Waals surface area contributed by atoms with E-state index < -0.39 is 29.7 Å². The zero-order valence-corrected chi connectivity index (χ0v) is 23.7. The number of ether oxygens (including phenoxy) is 4. The molecule has 9 heteroatoms. The van der Waals surface area contributed by atoms with Crippen molar-refractivity contribution in [2.24, 2.45) is 0 Å². The van der Waals surface area contributed by atoms with Gasteiger partial charge in [-0.25, -0.2) is 4.79 Å². The molecule has 42 heavy (non-hydrogen) atoms. The van der Waals surface area contributed by atoms with Gasteiger partial charge < -0.3 is 29.0 Å². The Hall–Kier alpha value is -4.44. The molecule has 3 aromatic carbocycles. The minimum atomic E-state index is -1.05. The first kappa shape index (κ1) is 27.7. The number of nitrogens with zero attached hydrogens (tertiary/aromatic N) is 2. The van der Waals surface area contributed by atoms with Crippen LogP contribution in [-0.4, -0.2) is 52.7 Å². The van der Waals surface area contributed by atoms with Gasteiger partial charge in [0.15, 0.2) is 0 Å². The van der Waals surface area contributed by atoms with Crippen molar-refractivity contribution in [2.75, 3.05) is 20.8 Å². The average Bonchev–Trinajstić information content (AvgIpc) is 3.58. The number of aryl methyl sites for hydroxylation is 1. The maximum Gasteiger partial charge on any atom is 0.351 e. The normalized spacial score (nSPS) is 18.8. The Morgan fingerprint density at radius 3 is 2.14 bits per heavy atom. The van der Waals surface area contributed by atoms with Crippen LogP contribution in [0.5, 0.6) is 11.5 Å². The average molecular weight is 568 g/mol. The molecule has 3 atom stereocenters. The molecule has 5 aromatic rings. The topological polar surface area (TPSA) is 108 Å². The third-order valence-corrected chi connectivity index (χ3v) is 7.82. The summed E-state index contributed by atoms with van der Waals surface area (Å²) in [6.07, 6.45) is -0.275. The summed E-state index contributed by atoms with van der Waals surface area (Å²) in [5.41, 5.74) is 2.58. The first-order chi connectivity index (χ1) is 20.4. The number of rotatable bonds is 9. The van der Waals surface area contributed by atoms with Crippen molar-refractivity contribution in [3.8, 4) is 11.5 Å². The maximum absolute atomic E-state index is 12.8. The van der Waals surface area contributed by atoms with Gasteiger partial charge in [-0.15, -0.1) is 0 Å². The fraction of sp³-hybridized carbons (Fsp3) is 0.273. The van der Waals surface area contributed by atoms with Gasteiger partial charge in [0.1, 0.15) is 35.1 Å². The number of aromatic nitrogens is 3. The molecule has 0 radical (unpaired) electrons.